The lowest BCUT2D eigenvalue weighted by Gasteiger charge is -2.33. The smallest absolute Gasteiger partial charge is 0.319 e. The zero-order valence-corrected chi connectivity index (χ0v) is 12.7. The van der Waals surface area contributed by atoms with Gasteiger partial charge in [0.25, 0.3) is 0 Å². The van der Waals surface area contributed by atoms with Crippen LogP contribution in [0.4, 0.5) is 0 Å². The zero-order valence-electron chi connectivity index (χ0n) is 12.7. The van der Waals surface area contributed by atoms with Crippen LogP contribution in [-0.4, -0.2) is 48.8 Å². The van der Waals surface area contributed by atoms with Gasteiger partial charge in [-0.2, -0.15) is 0 Å². The molecule has 1 aromatic carbocycles. The molecule has 1 aliphatic heterocycles. The Hall–Kier alpha value is -1.59. The summed E-state index contributed by atoms with van der Waals surface area (Å²) in [6.45, 7) is 4.29. The molecular formula is C16H24N2O3. The first-order valence-corrected chi connectivity index (χ1v) is 7.42. The molecule has 21 heavy (non-hydrogen) atoms. The Kier molecular flexibility index (Phi) is 5.59. The summed E-state index contributed by atoms with van der Waals surface area (Å²) in [5, 5.41) is 13.1. The van der Waals surface area contributed by atoms with Crippen molar-refractivity contribution in [1.82, 2.24) is 10.2 Å². The summed E-state index contributed by atoms with van der Waals surface area (Å²) >= 11 is 0. The molecule has 1 fully saturated rings. The van der Waals surface area contributed by atoms with E-state index in [1.54, 1.807) is 12.1 Å². The van der Waals surface area contributed by atoms with Crippen LogP contribution in [0.25, 0.3) is 0 Å². The number of nitrogens with zero attached hydrogens (tertiary/aromatic N) is 1. The molecule has 0 aromatic heterocycles. The van der Waals surface area contributed by atoms with E-state index >= 15 is 0 Å². The van der Waals surface area contributed by atoms with E-state index in [1.165, 1.54) is 7.11 Å². The third kappa shape index (κ3) is 4.72. The van der Waals surface area contributed by atoms with Crippen molar-refractivity contribution in [3.05, 3.63) is 29.8 Å². The lowest BCUT2D eigenvalue weighted by atomic mass is 10.0. The quantitative estimate of drug-likeness (QED) is 0.809. The highest BCUT2D eigenvalue weighted by molar-refractivity contribution is 5.71. The first-order chi connectivity index (χ1) is 10.1. The molecule has 2 N–H and O–H groups in total. The number of likely N-dealkylation sites (tertiary alicyclic amines) is 1. The maximum Gasteiger partial charge on any atom is 0.319 e. The Labute approximate surface area is 125 Å². The number of esters is 1. The van der Waals surface area contributed by atoms with Gasteiger partial charge in [0, 0.05) is 25.2 Å². The van der Waals surface area contributed by atoms with Crippen LogP contribution in [0.3, 0.4) is 0 Å². The van der Waals surface area contributed by atoms with Gasteiger partial charge in [0.1, 0.15) is 5.75 Å². The predicted molar refractivity (Wildman–Crippen MR) is 81.1 cm³/mol. The van der Waals surface area contributed by atoms with E-state index < -0.39 is 0 Å². The van der Waals surface area contributed by atoms with Crippen molar-refractivity contribution >= 4 is 5.97 Å². The number of carbonyl (C=O) groups is 1. The van der Waals surface area contributed by atoms with Gasteiger partial charge in [0.05, 0.1) is 13.7 Å². The second-order valence-corrected chi connectivity index (χ2v) is 5.61. The molecule has 0 amide bonds. The van der Waals surface area contributed by atoms with E-state index in [-0.39, 0.29) is 12.0 Å². The van der Waals surface area contributed by atoms with Crippen LogP contribution in [0.1, 0.15) is 31.4 Å². The van der Waals surface area contributed by atoms with E-state index in [4.69, 9.17) is 4.74 Å². The van der Waals surface area contributed by atoms with Gasteiger partial charge < -0.3 is 15.2 Å². The van der Waals surface area contributed by atoms with Gasteiger partial charge in [0.2, 0.25) is 0 Å². The van der Waals surface area contributed by atoms with Crippen LogP contribution in [0.2, 0.25) is 0 Å². The number of carbonyl (C=O) groups excluding carboxylic acids is 1. The number of nitrogens with one attached hydrogen (secondary N) is 1. The Balaban J connectivity index is 1.79. The molecular weight excluding hydrogens is 268 g/mol. The van der Waals surface area contributed by atoms with Gasteiger partial charge in [-0.1, -0.05) is 12.1 Å². The maximum absolute atomic E-state index is 11.3. The van der Waals surface area contributed by atoms with Gasteiger partial charge in [-0.15, -0.1) is 0 Å². The van der Waals surface area contributed by atoms with Crippen molar-refractivity contribution in [2.75, 3.05) is 26.7 Å². The maximum atomic E-state index is 11.3. The summed E-state index contributed by atoms with van der Waals surface area (Å²) in [5.74, 6) is 0.128. The molecule has 1 heterocycles. The van der Waals surface area contributed by atoms with Crippen molar-refractivity contribution in [2.24, 2.45) is 0 Å². The number of methoxy groups -OCH3 is 1. The first-order valence-electron chi connectivity index (χ1n) is 7.42. The second kappa shape index (κ2) is 7.43. The highest BCUT2D eigenvalue weighted by Crippen LogP contribution is 2.20. The number of benzene rings is 1. The van der Waals surface area contributed by atoms with Gasteiger partial charge >= 0.3 is 5.97 Å². The van der Waals surface area contributed by atoms with Crippen LogP contribution in [0, 0.1) is 0 Å². The molecule has 0 radical (unpaired) electrons. The van der Waals surface area contributed by atoms with Crippen LogP contribution in [0.15, 0.2) is 24.3 Å². The van der Waals surface area contributed by atoms with Crippen LogP contribution in [-0.2, 0) is 9.53 Å². The third-order valence-electron chi connectivity index (χ3n) is 4.02. The molecule has 5 nitrogen and oxygen atoms in total. The van der Waals surface area contributed by atoms with E-state index in [2.05, 4.69) is 17.1 Å². The normalized spacial score (nSPS) is 18.4. The molecule has 1 atom stereocenters. The summed E-state index contributed by atoms with van der Waals surface area (Å²) in [5.41, 5.74) is 1.09. The molecule has 1 saturated heterocycles. The second-order valence-electron chi connectivity index (χ2n) is 5.61. The standard InChI is InChI=1S/C16H24N2O3/c1-12(13-4-3-5-15(19)10-13)17-14-6-8-18(9-7-14)11-16(20)21-2/h3-5,10,12,14,17,19H,6-9,11H2,1-2H3/t12-/m1/s1. The summed E-state index contributed by atoms with van der Waals surface area (Å²) in [6.07, 6.45) is 2.03. The third-order valence-corrected chi connectivity index (χ3v) is 4.02. The molecule has 0 saturated carbocycles. The minimum atomic E-state index is -0.172. The molecule has 2 rings (SSSR count). The highest BCUT2D eigenvalue weighted by Gasteiger charge is 2.22. The Morgan fingerprint density at radius 2 is 2.19 bits per heavy atom. The molecule has 1 aromatic rings. The molecule has 1 aliphatic rings. The summed E-state index contributed by atoms with van der Waals surface area (Å²) in [4.78, 5) is 13.4. The molecule has 0 bridgehead atoms. The number of piperidine rings is 1. The van der Waals surface area contributed by atoms with E-state index in [9.17, 15) is 9.90 Å². The lowest BCUT2D eigenvalue weighted by Crippen LogP contribution is -2.44. The Bertz CT molecular complexity index is 470. The van der Waals surface area contributed by atoms with E-state index in [0.717, 1.165) is 31.5 Å². The fraction of sp³-hybridized carbons (Fsp3) is 0.562. The molecule has 0 unspecified atom stereocenters. The first kappa shape index (κ1) is 15.8. The topological polar surface area (TPSA) is 61.8 Å². The summed E-state index contributed by atoms with van der Waals surface area (Å²) < 4.78 is 4.69. The number of phenols is 1. The number of ether oxygens (including phenoxy) is 1. The molecule has 116 valence electrons. The van der Waals surface area contributed by atoms with Crippen molar-refractivity contribution in [1.29, 1.82) is 0 Å². The molecule has 0 spiro atoms. The predicted octanol–water partition coefficient (Wildman–Crippen LogP) is 1.68. The fourth-order valence-electron chi connectivity index (χ4n) is 2.75. The minimum absolute atomic E-state index is 0.172. The van der Waals surface area contributed by atoms with Crippen molar-refractivity contribution in [3.8, 4) is 5.75 Å². The van der Waals surface area contributed by atoms with E-state index in [1.807, 2.05) is 12.1 Å². The fourth-order valence-corrected chi connectivity index (χ4v) is 2.75. The Morgan fingerprint density at radius 3 is 2.81 bits per heavy atom. The van der Waals surface area contributed by atoms with Crippen molar-refractivity contribution < 1.29 is 14.6 Å². The SMILES string of the molecule is COC(=O)CN1CCC(N[C@H](C)c2cccc(O)c2)CC1. The number of rotatable bonds is 5. The average Bonchev–Trinajstić information content (AvgIpc) is 2.49. The minimum Gasteiger partial charge on any atom is -0.508 e. The van der Waals surface area contributed by atoms with Crippen molar-refractivity contribution in [2.45, 2.75) is 31.8 Å². The van der Waals surface area contributed by atoms with Gasteiger partial charge in [-0.05, 0) is 37.5 Å². The lowest BCUT2D eigenvalue weighted by molar-refractivity contribution is -0.142. The largest absolute Gasteiger partial charge is 0.508 e. The highest BCUT2D eigenvalue weighted by atomic mass is 16.5. The molecule has 5 heteroatoms. The zero-order chi connectivity index (χ0) is 15.2. The average molecular weight is 292 g/mol. The summed E-state index contributed by atoms with van der Waals surface area (Å²) in [6, 6.07) is 8.00. The number of aromatic hydroxyl groups is 1. The van der Waals surface area contributed by atoms with Crippen molar-refractivity contribution in [3.63, 3.8) is 0 Å². The van der Waals surface area contributed by atoms with Gasteiger partial charge in [-0.25, -0.2) is 0 Å². The number of hydrogen-bond donors (Lipinski definition) is 2. The van der Waals surface area contributed by atoms with Crippen LogP contribution in [0.5, 0.6) is 5.75 Å². The van der Waals surface area contributed by atoms with E-state index in [0.29, 0.717) is 18.3 Å². The summed E-state index contributed by atoms with van der Waals surface area (Å²) in [7, 11) is 1.42. The van der Waals surface area contributed by atoms with Gasteiger partial charge in [-0.3, -0.25) is 9.69 Å². The van der Waals surface area contributed by atoms with Crippen LogP contribution >= 0.6 is 0 Å². The molecule has 0 aliphatic carbocycles. The Morgan fingerprint density at radius 1 is 1.48 bits per heavy atom. The number of hydrogen-bond acceptors (Lipinski definition) is 5. The van der Waals surface area contributed by atoms with Crippen LogP contribution < -0.4 is 5.32 Å². The number of phenolic OH excluding ortho intramolecular Hbond substituents is 1. The van der Waals surface area contributed by atoms with Gasteiger partial charge in [0.15, 0.2) is 0 Å². The monoisotopic (exact) mass is 292 g/mol.